The highest BCUT2D eigenvalue weighted by Gasteiger charge is 2.08. The number of halogens is 2. The molecule has 0 spiro atoms. The summed E-state index contributed by atoms with van der Waals surface area (Å²) in [5.74, 6) is -1.01. The smallest absolute Gasteiger partial charge is 0.335 e. The van der Waals surface area contributed by atoms with Crippen LogP contribution in [0.5, 0.6) is 0 Å². The second-order valence-corrected chi connectivity index (χ2v) is 4.16. The lowest BCUT2D eigenvalue weighted by atomic mass is 10.1. The number of benzene rings is 1. The molecule has 2 aromatic rings. The summed E-state index contributed by atoms with van der Waals surface area (Å²) in [6, 6.07) is 7.99. The Morgan fingerprint density at radius 3 is 2.53 bits per heavy atom. The normalized spacial score (nSPS) is 10.2. The fourth-order valence-corrected chi connectivity index (χ4v) is 1.92. The minimum Gasteiger partial charge on any atom is -0.478 e. The Bertz CT molecular complexity index is 584. The second kappa shape index (κ2) is 4.73. The molecule has 2 rings (SSSR count). The van der Waals surface area contributed by atoms with Gasteiger partial charge in [0.2, 0.25) is 0 Å². The summed E-state index contributed by atoms with van der Waals surface area (Å²) in [5, 5.41) is 9.55. The number of nitrogens with zero attached hydrogens (tertiary/aromatic N) is 1. The average molecular weight is 268 g/mol. The highest BCUT2D eigenvalue weighted by molar-refractivity contribution is 6.34. The van der Waals surface area contributed by atoms with Crippen LogP contribution in [-0.4, -0.2) is 16.1 Å². The van der Waals surface area contributed by atoms with Crippen LogP contribution < -0.4 is 0 Å². The van der Waals surface area contributed by atoms with Crippen LogP contribution in [0.4, 0.5) is 0 Å². The average Bonchev–Trinajstić information content (AvgIpc) is 2.28. The van der Waals surface area contributed by atoms with Crippen molar-refractivity contribution in [2.24, 2.45) is 0 Å². The Kier molecular flexibility index (Phi) is 3.31. The maximum atomic E-state index is 10.8. The molecule has 0 unspecified atom stereocenters. The Morgan fingerprint density at radius 2 is 1.94 bits per heavy atom. The molecule has 0 amide bonds. The molecule has 0 aliphatic rings. The predicted octanol–water partition coefficient (Wildman–Crippen LogP) is 3.75. The van der Waals surface area contributed by atoms with Gasteiger partial charge in [-0.2, -0.15) is 0 Å². The van der Waals surface area contributed by atoms with Crippen molar-refractivity contribution in [2.75, 3.05) is 0 Å². The standard InChI is InChI=1S/C12H7Cl2NO2/c13-10-5-8(12(16)17)1-2-9(10)7-3-4-15-11(14)6-7/h1-6H,(H,16,17). The van der Waals surface area contributed by atoms with Crippen molar-refractivity contribution in [3.8, 4) is 11.1 Å². The highest BCUT2D eigenvalue weighted by Crippen LogP contribution is 2.29. The Labute approximate surface area is 108 Å². The first-order valence-corrected chi connectivity index (χ1v) is 5.48. The van der Waals surface area contributed by atoms with Crippen molar-refractivity contribution in [1.29, 1.82) is 0 Å². The Hall–Kier alpha value is -1.58. The minimum atomic E-state index is -1.01. The summed E-state index contributed by atoms with van der Waals surface area (Å²) in [5.41, 5.74) is 1.67. The fraction of sp³-hybridized carbons (Fsp3) is 0. The monoisotopic (exact) mass is 267 g/mol. The van der Waals surface area contributed by atoms with Gasteiger partial charge >= 0.3 is 5.97 Å². The van der Waals surface area contributed by atoms with Crippen molar-refractivity contribution < 1.29 is 9.90 Å². The maximum Gasteiger partial charge on any atom is 0.335 e. The van der Waals surface area contributed by atoms with Crippen LogP contribution in [0.2, 0.25) is 10.2 Å². The van der Waals surface area contributed by atoms with Gasteiger partial charge in [-0.3, -0.25) is 0 Å². The van der Waals surface area contributed by atoms with E-state index in [1.54, 1.807) is 24.4 Å². The van der Waals surface area contributed by atoms with Gasteiger partial charge in [-0.25, -0.2) is 9.78 Å². The number of pyridine rings is 1. The highest BCUT2D eigenvalue weighted by atomic mass is 35.5. The molecule has 0 aliphatic carbocycles. The van der Waals surface area contributed by atoms with Crippen molar-refractivity contribution >= 4 is 29.2 Å². The first kappa shape index (κ1) is 11.9. The molecular formula is C12H7Cl2NO2. The summed E-state index contributed by atoms with van der Waals surface area (Å²) < 4.78 is 0. The topological polar surface area (TPSA) is 50.2 Å². The number of carbonyl (C=O) groups is 1. The summed E-state index contributed by atoms with van der Waals surface area (Å²) in [4.78, 5) is 14.6. The van der Waals surface area contributed by atoms with E-state index in [0.29, 0.717) is 10.2 Å². The second-order valence-electron chi connectivity index (χ2n) is 3.37. The van der Waals surface area contributed by atoms with E-state index in [9.17, 15) is 4.79 Å². The van der Waals surface area contributed by atoms with Crippen LogP contribution in [0.25, 0.3) is 11.1 Å². The summed E-state index contributed by atoms with van der Waals surface area (Å²) in [7, 11) is 0. The van der Waals surface area contributed by atoms with Gasteiger partial charge < -0.3 is 5.11 Å². The number of hydrogen-bond donors (Lipinski definition) is 1. The molecular weight excluding hydrogens is 261 g/mol. The third-order valence-corrected chi connectivity index (χ3v) is 2.77. The molecule has 1 N–H and O–H groups in total. The number of carboxylic acids is 1. The van der Waals surface area contributed by atoms with Crippen LogP contribution in [0.3, 0.4) is 0 Å². The van der Waals surface area contributed by atoms with Gasteiger partial charge in [-0.15, -0.1) is 0 Å². The van der Waals surface area contributed by atoms with E-state index in [1.165, 1.54) is 12.1 Å². The van der Waals surface area contributed by atoms with Crippen molar-refractivity contribution in [3.63, 3.8) is 0 Å². The van der Waals surface area contributed by atoms with Gasteiger partial charge in [-0.05, 0) is 29.8 Å². The zero-order chi connectivity index (χ0) is 12.4. The largest absolute Gasteiger partial charge is 0.478 e. The molecule has 86 valence electrons. The molecule has 0 radical (unpaired) electrons. The number of hydrogen-bond acceptors (Lipinski definition) is 2. The van der Waals surface area contributed by atoms with E-state index in [1.807, 2.05) is 0 Å². The number of aromatic carboxylic acids is 1. The Balaban J connectivity index is 2.50. The van der Waals surface area contributed by atoms with Gasteiger partial charge in [-0.1, -0.05) is 29.3 Å². The van der Waals surface area contributed by atoms with Crippen LogP contribution in [0.1, 0.15) is 10.4 Å². The lowest BCUT2D eigenvalue weighted by molar-refractivity contribution is 0.0697. The van der Waals surface area contributed by atoms with Gasteiger partial charge in [0.15, 0.2) is 0 Å². The molecule has 0 aliphatic heterocycles. The molecule has 0 saturated heterocycles. The summed E-state index contributed by atoms with van der Waals surface area (Å²) in [6.07, 6.45) is 1.57. The molecule has 17 heavy (non-hydrogen) atoms. The molecule has 1 aromatic heterocycles. The Morgan fingerprint density at radius 1 is 1.18 bits per heavy atom. The maximum absolute atomic E-state index is 10.8. The summed E-state index contributed by atoms with van der Waals surface area (Å²) in [6.45, 7) is 0. The SMILES string of the molecule is O=C(O)c1ccc(-c2ccnc(Cl)c2)c(Cl)c1. The van der Waals surface area contributed by atoms with E-state index < -0.39 is 5.97 Å². The number of rotatable bonds is 2. The molecule has 3 nitrogen and oxygen atoms in total. The van der Waals surface area contributed by atoms with Gasteiger partial charge in [0, 0.05) is 16.8 Å². The van der Waals surface area contributed by atoms with E-state index in [0.717, 1.165) is 11.1 Å². The minimum absolute atomic E-state index is 0.152. The van der Waals surface area contributed by atoms with E-state index in [2.05, 4.69) is 4.98 Å². The predicted molar refractivity (Wildman–Crippen MR) is 66.7 cm³/mol. The first-order chi connectivity index (χ1) is 8.08. The van der Waals surface area contributed by atoms with E-state index >= 15 is 0 Å². The third kappa shape index (κ3) is 2.57. The quantitative estimate of drug-likeness (QED) is 0.844. The van der Waals surface area contributed by atoms with Crippen molar-refractivity contribution in [2.45, 2.75) is 0 Å². The van der Waals surface area contributed by atoms with Crippen molar-refractivity contribution in [3.05, 3.63) is 52.3 Å². The summed E-state index contributed by atoms with van der Waals surface area (Å²) >= 11 is 11.8. The molecule has 0 saturated carbocycles. The molecule has 0 fully saturated rings. The first-order valence-electron chi connectivity index (χ1n) is 4.72. The van der Waals surface area contributed by atoms with Gasteiger partial charge in [0.05, 0.1) is 5.56 Å². The van der Waals surface area contributed by atoms with Crippen LogP contribution in [-0.2, 0) is 0 Å². The molecule has 5 heteroatoms. The molecule has 1 heterocycles. The molecule has 0 atom stereocenters. The van der Waals surface area contributed by atoms with E-state index in [4.69, 9.17) is 28.3 Å². The zero-order valence-corrected chi connectivity index (χ0v) is 10.0. The number of aromatic nitrogens is 1. The molecule has 0 bridgehead atoms. The van der Waals surface area contributed by atoms with Crippen LogP contribution in [0, 0.1) is 0 Å². The third-order valence-electron chi connectivity index (χ3n) is 2.25. The number of carboxylic acid groups (broad SMARTS) is 1. The van der Waals surface area contributed by atoms with Crippen LogP contribution in [0.15, 0.2) is 36.5 Å². The zero-order valence-electron chi connectivity index (χ0n) is 8.52. The van der Waals surface area contributed by atoms with Crippen molar-refractivity contribution in [1.82, 2.24) is 4.98 Å². The van der Waals surface area contributed by atoms with Gasteiger partial charge in [0.1, 0.15) is 5.15 Å². The lowest BCUT2D eigenvalue weighted by Gasteiger charge is -2.05. The van der Waals surface area contributed by atoms with Gasteiger partial charge in [0.25, 0.3) is 0 Å². The lowest BCUT2D eigenvalue weighted by Crippen LogP contribution is -1.96. The fourth-order valence-electron chi connectivity index (χ4n) is 1.45. The van der Waals surface area contributed by atoms with E-state index in [-0.39, 0.29) is 5.56 Å². The molecule has 1 aromatic carbocycles. The van der Waals surface area contributed by atoms with Crippen LogP contribution >= 0.6 is 23.2 Å².